The number of benzene rings is 2. The van der Waals surface area contributed by atoms with Crippen LogP contribution < -0.4 is 16.6 Å². The third-order valence-electron chi connectivity index (χ3n) is 3.87. The molecule has 0 fully saturated rings. The average molecular weight is 343 g/mol. The minimum absolute atomic E-state index is 0.438. The number of hydrazine groups is 1. The van der Waals surface area contributed by atoms with Gasteiger partial charge in [0, 0.05) is 18.1 Å². The normalized spacial score (nSPS) is 10.5. The van der Waals surface area contributed by atoms with Crippen LogP contribution >= 0.6 is 0 Å². The van der Waals surface area contributed by atoms with Crippen molar-refractivity contribution in [2.75, 3.05) is 10.7 Å². The van der Waals surface area contributed by atoms with Gasteiger partial charge >= 0.3 is 0 Å². The van der Waals surface area contributed by atoms with Crippen molar-refractivity contribution in [1.82, 2.24) is 19.5 Å². The molecule has 2 aromatic heterocycles. The van der Waals surface area contributed by atoms with Gasteiger partial charge in [0.05, 0.1) is 5.56 Å². The molecule has 7 heteroatoms. The second-order valence-electron chi connectivity index (χ2n) is 5.57. The molecule has 0 atom stereocenters. The summed E-state index contributed by atoms with van der Waals surface area (Å²) in [5.41, 5.74) is 5.34. The maximum Gasteiger partial charge on any atom is 0.231 e. The third kappa shape index (κ3) is 3.11. The van der Waals surface area contributed by atoms with E-state index in [4.69, 9.17) is 10.8 Å². The molecule has 4 rings (SSSR count). The Kier molecular flexibility index (Phi) is 4.28. The monoisotopic (exact) mass is 343 g/mol. The Bertz CT molecular complexity index is 983. The van der Waals surface area contributed by atoms with Gasteiger partial charge in [-0.25, -0.2) is 10.8 Å². The maximum atomic E-state index is 5.78. The van der Waals surface area contributed by atoms with Crippen LogP contribution in [0.3, 0.4) is 0 Å². The molecule has 26 heavy (non-hydrogen) atoms. The topological polar surface area (TPSA) is 93.7 Å². The van der Waals surface area contributed by atoms with Gasteiger partial charge in [-0.1, -0.05) is 48.5 Å². The number of nitrogens with two attached hydrogens (primary N) is 1. The van der Waals surface area contributed by atoms with E-state index in [0.29, 0.717) is 17.6 Å². The molecule has 4 N–H and O–H groups in total. The van der Waals surface area contributed by atoms with Crippen molar-refractivity contribution >= 4 is 17.5 Å². The number of anilines is 3. The lowest BCUT2D eigenvalue weighted by Gasteiger charge is -2.16. The quantitative estimate of drug-likeness (QED) is 0.380. The summed E-state index contributed by atoms with van der Waals surface area (Å²) in [7, 11) is 0. The molecule has 0 amide bonds. The van der Waals surface area contributed by atoms with Crippen LogP contribution in [-0.2, 0) is 0 Å². The van der Waals surface area contributed by atoms with E-state index < -0.39 is 0 Å². The van der Waals surface area contributed by atoms with Crippen LogP contribution in [0, 0.1) is 0 Å². The molecule has 4 aromatic rings. The molecule has 2 heterocycles. The Morgan fingerprint density at radius 3 is 2.27 bits per heavy atom. The number of nitrogen functional groups attached to an aromatic ring is 1. The SMILES string of the molecule is NNc1nc(Nc2ccccc2)nc(-n2ccnc2)c1-c1ccccc1. The van der Waals surface area contributed by atoms with Gasteiger partial charge in [0.15, 0.2) is 11.6 Å². The maximum absolute atomic E-state index is 5.78. The summed E-state index contributed by atoms with van der Waals surface area (Å²) in [6, 6.07) is 19.6. The Morgan fingerprint density at radius 1 is 0.885 bits per heavy atom. The number of aromatic nitrogens is 4. The highest BCUT2D eigenvalue weighted by Gasteiger charge is 2.17. The van der Waals surface area contributed by atoms with Crippen molar-refractivity contribution in [2.45, 2.75) is 0 Å². The van der Waals surface area contributed by atoms with Crippen molar-refractivity contribution in [2.24, 2.45) is 5.84 Å². The number of nitrogens with one attached hydrogen (secondary N) is 2. The van der Waals surface area contributed by atoms with Gasteiger partial charge in [0.1, 0.15) is 6.33 Å². The van der Waals surface area contributed by atoms with Gasteiger partial charge in [-0.3, -0.25) is 4.57 Å². The van der Waals surface area contributed by atoms with Gasteiger partial charge in [-0.05, 0) is 17.7 Å². The van der Waals surface area contributed by atoms with E-state index in [-0.39, 0.29) is 0 Å². The molecular weight excluding hydrogens is 326 g/mol. The minimum Gasteiger partial charge on any atom is -0.324 e. The lowest BCUT2D eigenvalue weighted by Crippen LogP contribution is -2.14. The first-order valence-corrected chi connectivity index (χ1v) is 8.09. The number of imidazole rings is 1. The van der Waals surface area contributed by atoms with E-state index in [2.05, 4.69) is 20.7 Å². The van der Waals surface area contributed by atoms with Crippen LogP contribution in [0.5, 0.6) is 0 Å². The van der Waals surface area contributed by atoms with Gasteiger partial charge in [0.25, 0.3) is 0 Å². The number of hydrogen-bond acceptors (Lipinski definition) is 6. The molecule has 0 radical (unpaired) electrons. The van der Waals surface area contributed by atoms with Gasteiger partial charge in [-0.2, -0.15) is 9.97 Å². The van der Waals surface area contributed by atoms with E-state index in [0.717, 1.165) is 16.8 Å². The molecule has 0 saturated heterocycles. The Balaban J connectivity index is 1.88. The second kappa shape index (κ2) is 7.04. The van der Waals surface area contributed by atoms with E-state index in [9.17, 15) is 0 Å². The van der Waals surface area contributed by atoms with E-state index in [1.54, 1.807) is 12.5 Å². The molecule has 0 bridgehead atoms. The van der Waals surface area contributed by atoms with Crippen LogP contribution in [0.15, 0.2) is 79.4 Å². The highest BCUT2D eigenvalue weighted by atomic mass is 15.3. The second-order valence-corrected chi connectivity index (χ2v) is 5.57. The lowest BCUT2D eigenvalue weighted by atomic mass is 10.1. The summed E-state index contributed by atoms with van der Waals surface area (Å²) in [5.74, 6) is 7.41. The van der Waals surface area contributed by atoms with Crippen molar-refractivity contribution in [3.05, 3.63) is 79.4 Å². The summed E-state index contributed by atoms with van der Waals surface area (Å²) in [4.78, 5) is 13.4. The summed E-state index contributed by atoms with van der Waals surface area (Å²) >= 11 is 0. The number of nitrogens with zero attached hydrogens (tertiary/aromatic N) is 4. The molecule has 0 aliphatic heterocycles. The molecule has 0 aliphatic carbocycles. The Labute approximate surface area is 150 Å². The predicted octanol–water partition coefficient (Wildman–Crippen LogP) is 3.36. The summed E-state index contributed by atoms with van der Waals surface area (Å²) in [6.07, 6.45) is 5.24. The van der Waals surface area contributed by atoms with Crippen LogP contribution in [0.25, 0.3) is 16.9 Å². The highest BCUT2D eigenvalue weighted by molar-refractivity contribution is 5.82. The number of hydrogen-bond donors (Lipinski definition) is 3. The smallest absolute Gasteiger partial charge is 0.231 e. The molecule has 0 saturated carbocycles. The van der Waals surface area contributed by atoms with Gasteiger partial charge in [0.2, 0.25) is 5.95 Å². The van der Waals surface area contributed by atoms with E-state index in [1.165, 1.54) is 0 Å². The van der Waals surface area contributed by atoms with Crippen molar-refractivity contribution < 1.29 is 0 Å². The Morgan fingerprint density at radius 2 is 1.62 bits per heavy atom. The summed E-state index contributed by atoms with van der Waals surface area (Å²) in [5, 5.41) is 3.21. The molecule has 0 aliphatic rings. The first kappa shape index (κ1) is 15.8. The van der Waals surface area contributed by atoms with Gasteiger partial charge < -0.3 is 10.7 Å². The number of rotatable bonds is 5. The van der Waals surface area contributed by atoms with Crippen molar-refractivity contribution in [1.29, 1.82) is 0 Å². The predicted molar refractivity (Wildman–Crippen MR) is 102 cm³/mol. The summed E-state index contributed by atoms with van der Waals surface area (Å²) < 4.78 is 1.83. The molecular formula is C19H17N7. The zero-order chi connectivity index (χ0) is 17.8. The largest absolute Gasteiger partial charge is 0.324 e. The number of para-hydroxylation sites is 1. The highest BCUT2D eigenvalue weighted by Crippen LogP contribution is 2.32. The molecule has 2 aromatic carbocycles. The zero-order valence-electron chi connectivity index (χ0n) is 13.9. The Hall–Kier alpha value is -3.71. The first-order chi connectivity index (χ1) is 12.8. The van der Waals surface area contributed by atoms with Crippen LogP contribution in [-0.4, -0.2) is 19.5 Å². The third-order valence-corrected chi connectivity index (χ3v) is 3.87. The fourth-order valence-electron chi connectivity index (χ4n) is 2.70. The van der Waals surface area contributed by atoms with Crippen LogP contribution in [0.2, 0.25) is 0 Å². The molecule has 7 nitrogen and oxygen atoms in total. The van der Waals surface area contributed by atoms with E-state index >= 15 is 0 Å². The molecule has 0 unspecified atom stereocenters. The van der Waals surface area contributed by atoms with Crippen LogP contribution in [0.4, 0.5) is 17.5 Å². The zero-order valence-corrected chi connectivity index (χ0v) is 13.9. The van der Waals surface area contributed by atoms with Crippen molar-refractivity contribution in [3.63, 3.8) is 0 Å². The fourth-order valence-corrected chi connectivity index (χ4v) is 2.70. The van der Waals surface area contributed by atoms with E-state index in [1.807, 2.05) is 71.4 Å². The minimum atomic E-state index is 0.438. The lowest BCUT2D eigenvalue weighted by molar-refractivity contribution is 0.976. The molecule has 128 valence electrons. The fraction of sp³-hybridized carbons (Fsp3) is 0. The molecule has 0 spiro atoms. The van der Waals surface area contributed by atoms with Gasteiger partial charge in [-0.15, -0.1) is 0 Å². The van der Waals surface area contributed by atoms with Crippen LogP contribution in [0.1, 0.15) is 0 Å². The summed E-state index contributed by atoms with van der Waals surface area (Å²) in [6.45, 7) is 0. The first-order valence-electron chi connectivity index (χ1n) is 8.09. The average Bonchev–Trinajstić information content (AvgIpc) is 3.23. The van der Waals surface area contributed by atoms with Crippen molar-refractivity contribution in [3.8, 4) is 16.9 Å². The standard InChI is InChI=1S/C19H17N7/c20-25-17-16(14-7-3-1-4-8-14)18(26-12-11-21-13-26)24-19(23-17)22-15-9-5-2-6-10-15/h1-13H,20H2,(H2,22,23,24,25).